The number of hydrogen-bond acceptors (Lipinski definition) is 0. The third-order valence-corrected chi connectivity index (χ3v) is 66.3. The van der Waals surface area contributed by atoms with E-state index in [-0.39, 0.29) is 7.25 Å². The van der Waals surface area contributed by atoms with Gasteiger partial charge in [0.15, 0.2) is 0 Å². The van der Waals surface area contributed by atoms with E-state index in [0.717, 1.165) is 6.42 Å². The van der Waals surface area contributed by atoms with Crippen LogP contribution in [-0.4, -0.2) is 5.92 Å². The Labute approximate surface area is 329 Å². The molecule has 4 aliphatic carbocycles. The minimum absolute atomic E-state index is 0.102. The van der Waals surface area contributed by atoms with Crippen molar-refractivity contribution < 1.29 is 15.6 Å². The Kier molecular flexibility index (Phi) is 10.9. The van der Waals surface area contributed by atoms with Gasteiger partial charge in [-0.3, -0.25) is 0 Å². The van der Waals surface area contributed by atoms with Crippen molar-refractivity contribution >= 4 is 35.1 Å². The second-order valence-corrected chi connectivity index (χ2v) is 60.1. The Morgan fingerprint density at radius 2 is 1.08 bits per heavy atom. The van der Waals surface area contributed by atoms with Crippen LogP contribution in [0.5, 0.6) is 0 Å². The van der Waals surface area contributed by atoms with Gasteiger partial charge in [0.05, 0.1) is 0 Å². The molecule has 53 heavy (non-hydrogen) atoms. The molecule has 277 valence electrons. The van der Waals surface area contributed by atoms with Crippen LogP contribution >= 0.6 is 17.0 Å². The molecule has 0 radical (unpaired) electrons. The van der Waals surface area contributed by atoms with Crippen molar-refractivity contribution in [1.82, 2.24) is 0 Å². The third kappa shape index (κ3) is 6.62. The van der Waals surface area contributed by atoms with E-state index in [0.29, 0.717) is 17.8 Å². The third-order valence-electron chi connectivity index (χ3n) is 14.4. The molecule has 0 heterocycles. The molecule has 0 aromatic heterocycles. The summed E-state index contributed by atoms with van der Waals surface area (Å²) in [5.41, 5.74) is 16.6. The van der Waals surface area contributed by atoms with E-state index in [9.17, 15) is 0 Å². The normalized spacial score (nSPS) is 22.2. The molecule has 4 aliphatic rings. The standard InChI is InChI=1S/C25H29.C22H23.C2H7Si.2ClH.Zr/c1-3-18(2)23-16-22-10-7-11-24(25(22)17-23)21-14-12-20(13-15-21)19-8-5-4-6-9-19;1-16-14-20-8-5-9-21(22(20)15-16)19-12-10-18(11-13-19)17-6-3-2-4-7-17;1-3-2;;;/h7,10-19H,3-6,8-9H2,1-2H3;5,8-15,17H,2-4,6-7H2,1H3;3H,1-2H3;2*1H;/q;;;;;+2/p-2. The van der Waals surface area contributed by atoms with Crippen molar-refractivity contribution in [1.29, 1.82) is 0 Å². The van der Waals surface area contributed by atoms with Crippen LogP contribution in [0.4, 0.5) is 0 Å². The van der Waals surface area contributed by atoms with Gasteiger partial charge in [0, 0.05) is 0 Å². The quantitative estimate of drug-likeness (QED) is 0.147. The fraction of sp³-hybridized carbons (Fsp3) is 0.429. The molecule has 4 aromatic carbocycles. The van der Waals surface area contributed by atoms with Crippen LogP contribution in [0.25, 0.3) is 34.4 Å². The molecular formula is C49H59Cl2SiZr. The van der Waals surface area contributed by atoms with Gasteiger partial charge in [-0.05, 0) is 0 Å². The summed E-state index contributed by atoms with van der Waals surface area (Å²) < 4.78 is 0.209. The van der Waals surface area contributed by atoms with Crippen molar-refractivity contribution in [3.05, 3.63) is 129 Å². The van der Waals surface area contributed by atoms with Crippen LogP contribution in [0.2, 0.25) is 13.1 Å². The first kappa shape index (κ1) is 37.9. The Morgan fingerprint density at radius 1 is 0.623 bits per heavy atom. The summed E-state index contributed by atoms with van der Waals surface area (Å²) in [6.45, 7) is 12.0. The monoisotopic (exact) mass is 835 g/mol. The maximum atomic E-state index is 8.75. The Morgan fingerprint density at radius 3 is 1.53 bits per heavy atom. The van der Waals surface area contributed by atoms with Gasteiger partial charge in [-0.25, -0.2) is 0 Å². The molecule has 4 heteroatoms. The van der Waals surface area contributed by atoms with E-state index < -0.39 is 21.5 Å². The number of fused-ring (bicyclic) bond motifs is 2. The number of hydrogen-bond donors (Lipinski definition) is 0. The van der Waals surface area contributed by atoms with E-state index >= 15 is 0 Å². The van der Waals surface area contributed by atoms with E-state index in [1.807, 2.05) is 0 Å². The second-order valence-electron chi connectivity index (χ2n) is 17.6. The molecule has 0 N–H and O–H groups in total. The SMILES string of the molecule is CCC(C)C1=Cc2c(-c3ccc(C4CCCCC4)cc3)cccc2[CH]1[Zr]([Cl])([Cl])([CH]1C(C)=Cc2c(-c3ccc(C4CCCCC4)cc3)cccc21)[SiH](C)C. The van der Waals surface area contributed by atoms with Crippen molar-refractivity contribution in [3.63, 3.8) is 0 Å². The van der Waals surface area contributed by atoms with Crippen molar-refractivity contribution in [2.45, 2.75) is 124 Å². The molecule has 0 bridgehead atoms. The van der Waals surface area contributed by atoms with Crippen LogP contribution in [0.15, 0.2) is 96.1 Å². The zero-order chi connectivity index (χ0) is 36.9. The van der Waals surface area contributed by atoms with Gasteiger partial charge >= 0.3 is 332 Å². The molecule has 0 saturated heterocycles. The molecule has 0 spiro atoms. The van der Waals surface area contributed by atoms with Crippen LogP contribution in [-0.2, 0) is 15.6 Å². The summed E-state index contributed by atoms with van der Waals surface area (Å²) in [4.78, 5) is 0. The number of benzene rings is 4. The molecule has 3 unspecified atom stereocenters. The zero-order valence-corrected chi connectivity index (χ0v) is 37.9. The summed E-state index contributed by atoms with van der Waals surface area (Å²) in [6, 6.07) is 33.1. The van der Waals surface area contributed by atoms with Gasteiger partial charge in [-0.1, -0.05) is 0 Å². The predicted octanol–water partition coefficient (Wildman–Crippen LogP) is 15.7. The molecule has 4 aromatic rings. The molecule has 0 aliphatic heterocycles. The van der Waals surface area contributed by atoms with Crippen LogP contribution in [0.3, 0.4) is 0 Å². The van der Waals surface area contributed by atoms with Gasteiger partial charge < -0.3 is 0 Å². The summed E-state index contributed by atoms with van der Waals surface area (Å²) >= 11 is -4.85. The van der Waals surface area contributed by atoms with E-state index in [2.05, 4.69) is 131 Å². The Bertz CT molecular complexity index is 2030. The van der Waals surface area contributed by atoms with Crippen molar-refractivity contribution in [2.75, 3.05) is 0 Å². The molecular weight excluding hydrogens is 779 g/mol. The van der Waals surface area contributed by atoms with Crippen LogP contribution < -0.4 is 0 Å². The molecule has 8 rings (SSSR count). The molecule has 0 nitrogen and oxygen atoms in total. The Hall–Kier alpha value is -1.96. The molecule has 2 saturated carbocycles. The fourth-order valence-electron chi connectivity index (χ4n) is 11.1. The average Bonchev–Trinajstić information content (AvgIpc) is 3.77. The van der Waals surface area contributed by atoms with Crippen molar-refractivity contribution in [3.8, 4) is 22.3 Å². The molecule has 3 atom stereocenters. The van der Waals surface area contributed by atoms with Gasteiger partial charge in [0.1, 0.15) is 0 Å². The fourth-order valence-corrected chi connectivity index (χ4v) is 43.1. The average molecular weight is 838 g/mol. The van der Waals surface area contributed by atoms with Gasteiger partial charge in [-0.2, -0.15) is 0 Å². The van der Waals surface area contributed by atoms with Crippen LogP contribution in [0.1, 0.15) is 144 Å². The van der Waals surface area contributed by atoms with Crippen molar-refractivity contribution in [2.24, 2.45) is 5.92 Å². The summed E-state index contributed by atoms with van der Waals surface area (Å²) in [5.74, 6) is 0.201. The van der Waals surface area contributed by atoms with Crippen LogP contribution in [0, 0.1) is 5.92 Å². The van der Waals surface area contributed by atoms with E-state index in [1.165, 1.54) is 131 Å². The first-order valence-corrected chi connectivity index (χ1v) is 37.3. The first-order valence-electron chi connectivity index (χ1n) is 21.0. The topological polar surface area (TPSA) is 0 Å². The Balaban J connectivity index is 1.21. The summed E-state index contributed by atoms with van der Waals surface area (Å²) in [5, 5.41) is 0. The molecule has 0 amide bonds. The predicted molar refractivity (Wildman–Crippen MR) is 233 cm³/mol. The number of allylic oxidation sites excluding steroid dienone is 2. The molecule has 2 fully saturated rings. The summed E-state index contributed by atoms with van der Waals surface area (Å²) in [6.07, 6.45) is 19.6. The summed E-state index contributed by atoms with van der Waals surface area (Å²) in [7, 11) is 17.5. The van der Waals surface area contributed by atoms with Gasteiger partial charge in [-0.15, -0.1) is 0 Å². The van der Waals surface area contributed by atoms with Gasteiger partial charge in [0.25, 0.3) is 0 Å². The van der Waals surface area contributed by atoms with E-state index in [1.54, 1.807) is 0 Å². The van der Waals surface area contributed by atoms with Gasteiger partial charge in [0.2, 0.25) is 0 Å². The number of halogens is 2. The second kappa shape index (κ2) is 15.2. The minimum atomic E-state index is -4.85. The van der Waals surface area contributed by atoms with E-state index in [4.69, 9.17) is 17.0 Å². The first-order chi connectivity index (χ1) is 25.6. The zero-order valence-electron chi connectivity index (χ0n) is 32.7. The number of rotatable bonds is 9. The maximum absolute atomic E-state index is 8.75.